The minimum Gasteiger partial charge on any atom is -0.486 e. The number of nitrogens with zero attached hydrogens (tertiary/aromatic N) is 1. The van der Waals surface area contributed by atoms with Crippen LogP contribution in [0, 0.1) is 6.92 Å². The fourth-order valence-electron chi connectivity index (χ4n) is 2.04. The second kappa shape index (κ2) is 5.82. The van der Waals surface area contributed by atoms with Gasteiger partial charge in [0.25, 0.3) is 0 Å². The molecule has 0 unspecified atom stereocenters. The first-order valence-electron chi connectivity index (χ1n) is 6.30. The lowest BCUT2D eigenvalue weighted by Crippen LogP contribution is -2.28. The number of likely N-dealkylation sites (N-methyl/N-ethyl adjacent to an activating group) is 1. The molecule has 1 amide bonds. The molecule has 1 heterocycles. The van der Waals surface area contributed by atoms with Crippen molar-refractivity contribution < 1.29 is 19.0 Å². The Balaban J connectivity index is 2.06. The standard InChI is InChI=1S/C14H19NO4/c1-10-8-12-13(19-7-6-18-12)9-11(10)4-5-15(2)14(16)17-3/h8-9H,4-7H2,1-3H3. The lowest BCUT2D eigenvalue weighted by atomic mass is 10.0. The van der Waals surface area contributed by atoms with E-state index in [1.807, 2.05) is 19.1 Å². The summed E-state index contributed by atoms with van der Waals surface area (Å²) in [6.45, 7) is 3.81. The molecule has 0 N–H and O–H groups in total. The molecular formula is C14H19NO4. The van der Waals surface area contributed by atoms with E-state index in [4.69, 9.17) is 9.47 Å². The molecule has 2 rings (SSSR count). The average Bonchev–Trinajstić information content (AvgIpc) is 2.43. The van der Waals surface area contributed by atoms with E-state index in [2.05, 4.69) is 4.74 Å². The molecule has 1 aliphatic rings. The van der Waals surface area contributed by atoms with Crippen LogP contribution in [-0.4, -0.2) is 44.9 Å². The fourth-order valence-corrected chi connectivity index (χ4v) is 2.04. The van der Waals surface area contributed by atoms with Crippen LogP contribution in [0.4, 0.5) is 4.79 Å². The molecule has 1 aromatic carbocycles. The summed E-state index contributed by atoms with van der Waals surface area (Å²) in [4.78, 5) is 12.9. The van der Waals surface area contributed by atoms with Crippen LogP contribution in [0.2, 0.25) is 0 Å². The molecule has 5 heteroatoms. The van der Waals surface area contributed by atoms with E-state index in [9.17, 15) is 4.79 Å². The molecule has 5 nitrogen and oxygen atoms in total. The fraction of sp³-hybridized carbons (Fsp3) is 0.500. The highest BCUT2D eigenvalue weighted by atomic mass is 16.6. The maximum absolute atomic E-state index is 11.3. The van der Waals surface area contributed by atoms with Crippen molar-refractivity contribution in [1.29, 1.82) is 0 Å². The monoisotopic (exact) mass is 265 g/mol. The summed E-state index contributed by atoms with van der Waals surface area (Å²) in [6, 6.07) is 3.98. The van der Waals surface area contributed by atoms with E-state index in [1.54, 1.807) is 11.9 Å². The smallest absolute Gasteiger partial charge is 0.409 e. The predicted octanol–water partition coefficient (Wildman–Crippen LogP) is 2.01. The molecule has 0 radical (unpaired) electrons. The summed E-state index contributed by atoms with van der Waals surface area (Å²) >= 11 is 0. The Morgan fingerprint density at radius 1 is 1.32 bits per heavy atom. The van der Waals surface area contributed by atoms with Crippen molar-refractivity contribution in [3.8, 4) is 11.5 Å². The number of hydrogen-bond donors (Lipinski definition) is 0. The largest absolute Gasteiger partial charge is 0.486 e. The van der Waals surface area contributed by atoms with Crippen LogP contribution in [-0.2, 0) is 11.2 Å². The topological polar surface area (TPSA) is 48.0 Å². The quantitative estimate of drug-likeness (QED) is 0.838. The van der Waals surface area contributed by atoms with Crippen LogP contribution >= 0.6 is 0 Å². The highest BCUT2D eigenvalue weighted by Gasteiger charge is 2.15. The summed E-state index contributed by atoms with van der Waals surface area (Å²) in [7, 11) is 3.10. The molecular weight excluding hydrogens is 246 g/mol. The normalized spacial score (nSPS) is 13.0. The van der Waals surface area contributed by atoms with Gasteiger partial charge < -0.3 is 19.1 Å². The molecule has 0 saturated heterocycles. The van der Waals surface area contributed by atoms with Gasteiger partial charge in [-0.3, -0.25) is 0 Å². The average molecular weight is 265 g/mol. The molecule has 0 aliphatic carbocycles. The van der Waals surface area contributed by atoms with Gasteiger partial charge >= 0.3 is 6.09 Å². The highest BCUT2D eigenvalue weighted by molar-refractivity contribution is 5.66. The third kappa shape index (κ3) is 3.10. The number of fused-ring (bicyclic) bond motifs is 1. The Labute approximate surface area is 113 Å². The Kier molecular flexibility index (Phi) is 4.14. The number of rotatable bonds is 3. The first-order chi connectivity index (χ1) is 9.11. The number of hydrogen-bond acceptors (Lipinski definition) is 4. The number of carbonyl (C=O) groups excluding carboxylic acids is 1. The van der Waals surface area contributed by atoms with Crippen LogP contribution < -0.4 is 9.47 Å². The molecule has 1 aromatic rings. The van der Waals surface area contributed by atoms with Gasteiger partial charge in [-0.2, -0.15) is 0 Å². The number of amides is 1. The predicted molar refractivity (Wildman–Crippen MR) is 70.9 cm³/mol. The van der Waals surface area contributed by atoms with Gasteiger partial charge in [0.1, 0.15) is 13.2 Å². The van der Waals surface area contributed by atoms with Gasteiger partial charge in [0, 0.05) is 13.6 Å². The minimum atomic E-state index is -0.324. The lowest BCUT2D eigenvalue weighted by molar-refractivity contribution is 0.134. The summed E-state index contributed by atoms with van der Waals surface area (Å²) in [6.07, 6.45) is 0.434. The van der Waals surface area contributed by atoms with Crippen molar-refractivity contribution in [2.45, 2.75) is 13.3 Å². The van der Waals surface area contributed by atoms with Crippen LogP contribution in [0.15, 0.2) is 12.1 Å². The van der Waals surface area contributed by atoms with Crippen LogP contribution in [0.5, 0.6) is 11.5 Å². The van der Waals surface area contributed by atoms with Gasteiger partial charge in [-0.05, 0) is 36.6 Å². The zero-order chi connectivity index (χ0) is 13.8. The second-order valence-electron chi connectivity index (χ2n) is 4.56. The molecule has 19 heavy (non-hydrogen) atoms. The van der Waals surface area contributed by atoms with E-state index in [1.165, 1.54) is 7.11 Å². The first kappa shape index (κ1) is 13.5. The summed E-state index contributed by atoms with van der Waals surface area (Å²) in [5.41, 5.74) is 2.29. The molecule has 104 valence electrons. The summed E-state index contributed by atoms with van der Waals surface area (Å²) < 4.78 is 15.8. The van der Waals surface area contributed by atoms with Crippen LogP contribution in [0.1, 0.15) is 11.1 Å². The molecule has 1 aliphatic heterocycles. The van der Waals surface area contributed by atoms with Gasteiger partial charge in [-0.1, -0.05) is 0 Å². The van der Waals surface area contributed by atoms with Gasteiger partial charge in [-0.25, -0.2) is 4.79 Å². The van der Waals surface area contributed by atoms with Crippen molar-refractivity contribution in [3.63, 3.8) is 0 Å². The molecule has 0 bridgehead atoms. The zero-order valence-electron chi connectivity index (χ0n) is 11.6. The SMILES string of the molecule is COC(=O)N(C)CCc1cc2c(cc1C)OCCO2. The number of benzene rings is 1. The van der Waals surface area contributed by atoms with Crippen LogP contribution in [0.25, 0.3) is 0 Å². The lowest BCUT2D eigenvalue weighted by Gasteiger charge is -2.21. The number of aryl methyl sites for hydroxylation is 1. The van der Waals surface area contributed by atoms with Crippen molar-refractivity contribution in [3.05, 3.63) is 23.3 Å². The van der Waals surface area contributed by atoms with E-state index < -0.39 is 0 Å². The van der Waals surface area contributed by atoms with E-state index >= 15 is 0 Å². The van der Waals surface area contributed by atoms with Gasteiger partial charge in [0.15, 0.2) is 11.5 Å². The highest BCUT2D eigenvalue weighted by Crippen LogP contribution is 2.33. The Bertz CT molecular complexity index is 473. The molecule has 0 atom stereocenters. The van der Waals surface area contributed by atoms with Crippen molar-refractivity contribution in [2.24, 2.45) is 0 Å². The van der Waals surface area contributed by atoms with Gasteiger partial charge in [0.05, 0.1) is 7.11 Å². The second-order valence-corrected chi connectivity index (χ2v) is 4.56. The maximum atomic E-state index is 11.3. The molecule has 0 fully saturated rings. The number of methoxy groups -OCH3 is 1. The Morgan fingerprint density at radius 3 is 2.58 bits per heavy atom. The van der Waals surface area contributed by atoms with Crippen molar-refractivity contribution >= 4 is 6.09 Å². The molecule has 0 saturated carbocycles. The van der Waals surface area contributed by atoms with Crippen LogP contribution in [0.3, 0.4) is 0 Å². The molecule has 0 spiro atoms. The maximum Gasteiger partial charge on any atom is 0.409 e. The molecule has 0 aromatic heterocycles. The summed E-state index contributed by atoms with van der Waals surface area (Å²) in [5, 5.41) is 0. The summed E-state index contributed by atoms with van der Waals surface area (Å²) in [5.74, 6) is 1.58. The Hall–Kier alpha value is -1.91. The number of carbonyl (C=O) groups is 1. The third-order valence-corrected chi connectivity index (χ3v) is 3.20. The minimum absolute atomic E-state index is 0.324. The Morgan fingerprint density at radius 2 is 1.95 bits per heavy atom. The van der Waals surface area contributed by atoms with E-state index in [0.717, 1.165) is 29.0 Å². The van der Waals surface area contributed by atoms with Gasteiger partial charge in [-0.15, -0.1) is 0 Å². The van der Waals surface area contributed by atoms with Crippen molar-refractivity contribution in [2.75, 3.05) is 33.9 Å². The van der Waals surface area contributed by atoms with E-state index in [-0.39, 0.29) is 6.09 Å². The van der Waals surface area contributed by atoms with Gasteiger partial charge in [0.2, 0.25) is 0 Å². The number of ether oxygens (including phenoxy) is 3. The van der Waals surface area contributed by atoms with Crippen molar-refractivity contribution in [1.82, 2.24) is 4.90 Å². The zero-order valence-corrected chi connectivity index (χ0v) is 11.6. The third-order valence-electron chi connectivity index (χ3n) is 3.20. The first-order valence-corrected chi connectivity index (χ1v) is 6.30. The van der Waals surface area contributed by atoms with E-state index in [0.29, 0.717) is 19.8 Å².